The molecule has 1 heterocycles. The molecule has 0 saturated heterocycles. The maximum absolute atomic E-state index is 6.16. The number of hydrogen-bond donors (Lipinski definition) is 1. The standard InChI is InChI=1S/C13H16ClN3/c1-9(2)13(15)12-7-16-8-17(12)11-5-3-4-10(14)6-11/h3-9,13H,15H2,1-2H3. The molecule has 0 aliphatic heterocycles. The quantitative estimate of drug-likeness (QED) is 0.908. The molecule has 2 N–H and O–H groups in total. The van der Waals surface area contributed by atoms with E-state index in [1.807, 2.05) is 35.0 Å². The highest BCUT2D eigenvalue weighted by molar-refractivity contribution is 6.30. The molecule has 90 valence electrons. The van der Waals surface area contributed by atoms with E-state index in [4.69, 9.17) is 17.3 Å². The Labute approximate surface area is 106 Å². The Hall–Kier alpha value is -1.32. The minimum absolute atomic E-state index is 0.0310. The number of imidazole rings is 1. The second-order valence-electron chi connectivity index (χ2n) is 4.44. The Morgan fingerprint density at radius 3 is 2.76 bits per heavy atom. The lowest BCUT2D eigenvalue weighted by atomic mass is 10.0. The van der Waals surface area contributed by atoms with E-state index in [0.29, 0.717) is 10.9 Å². The molecule has 4 heteroatoms. The molecule has 1 aromatic heterocycles. The first kappa shape index (κ1) is 12.1. The lowest BCUT2D eigenvalue weighted by Crippen LogP contribution is -2.19. The molecule has 1 atom stereocenters. The Morgan fingerprint density at radius 1 is 1.35 bits per heavy atom. The van der Waals surface area contributed by atoms with Crippen LogP contribution in [0.5, 0.6) is 0 Å². The van der Waals surface area contributed by atoms with Crippen molar-refractivity contribution in [2.24, 2.45) is 11.7 Å². The molecule has 0 amide bonds. The summed E-state index contributed by atoms with van der Waals surface area (Å²) in [5.74, 6) is 0.365. The van der Waals surface area contributed by atoms with E-state index in [2.05, 4.69) is 18.8 Å². The van der Waals surface area contributed by atoms with Crippen LogP contribution in [0, 0.1) is 5.92 Å². The van der Waals surface area contributed by atoms with Crippen LogP contribution < -0.4 is 5.73 Å². The van der Waals surface area contributed by atoms with Crippen LogP contribution in [0.15, 0.2) is 36.8 Å². The fourth-order valence-corrected chi connectivity index (χ4v) is 1.92. The first-order chi connectivity index (χ1) is 8.09. The van der Waals surface area contributed by atoms with Crippen molar-refractivity contribution >= 4 is 11.6 Å². The number of benzene rings is 1. The van der Waals surface area contributed by atoms with Crippen molar-refractivity contribution in [3.05, 3.63) is 47.5 Å². The highest BCUT2D eigenvalue weighted by atomic mass is 35.5. The van der Waals surface area contributed by atoms with Crippen LogP contribution in [-0.4, -0.2) is 9.55 Å². The second-order valence-corrected chi connectivity index (χ2v) is 4.87. The van der Waals surface area contributed by atoms with Gasteiger partial charge in [0.2, 0.25) is 0 Å². The zero-order valence-corrected chi connectivity index (χ0v) is 10.7. The number of rotatable bonds is 3. The van der Waals surface area contributed by atoms with Crippen molar-refractivity contribution in [1.82, 2.24) is 9.55 Å². The van der Waals surface area contributed by atoms with Crippen molar-refractivity contribution in [2.45, 2.75) is 19.9 Å². The highest BCUT2D eigenvalue weighted by Gasteiger charge is 2.15. The van der Waals surface area contributed by atoms with Gasteiger partial charge in [-0.25, -0.2) is 4.98 Å². The molecule has 0 aliphatic rings. The van der Waals surface area contributed by atoms with Crippen molar-refractivity contribution in [3.63, 3.8) is 0 Å². The van der Waals surface area contributed by atoms with Gasteiger partial charge < -0.3 is 10.3 Å². The molecule has 0 aliphatic carbocycles. The summed E-state index contributed by atoms with van der Waals surface area (Å²) >= 11 is 5.99. The number of aromatic nitrogens is 2. The Balaban J connectivity index is 2.43. The molecular weight excluding hydrogens is 234 g/mol. The first-order valence-corrected chi connectivity index (χ1v) is 6.01. The predicted octanol–water partition coefficient (Wildman–Crippen LogP) is 3.18. The van der Waals surface area contributed by atoms with Gasteiger partial charge in [0.25, 0.3) is 0 Å². The summed E-state index contributed by atoms with van der Waals surface area (Å²) in [5.41, 5.74) is 8.15. The van der Waals surface area contributed by atoms with E-state index in [0.717, 1.165) is 11.4 Å². The van der Waals surface area contributed by atoms with Crippen LogP contribution in [0.25, 0.3) is 5.69 Å². The number of nitrogens with two attached hydrogens (primary N) is 1. The van der Waals surface area contributed by atoms with Gasteiger partial charge in [-0.1, -0.05) is 31.5 Å². The van der Waals surface area contributed by atoms with Gasteiger partial charge >= 0.3 is 0 Å². The van der Waals surface area contributed by atoms with Crippen molar-refractivity contribution in [1.29, 1.82) is 0 Å². The predicted molar refractivity (Wildman–Crippen MR) is 70.3 cm³/mol. The minimum Gasteiger partial charge on any atom is -0.322 e. The summed E-state index contributed by atoms with van der Waals surface area (Å²) in [5, 5.41) is 0.709. The Morgan fingerprint density at radius 2 is 2.12 bits per heavy atom. The third-order valence-corrected chi connectivity index (χ3v) is 3.05. The van der Waals surface area contributed by atoms with Crippen LogP contribution in [0.4, 0.5) is 0 Å². The van der Waals surface area contributed by atoms with E-state index in [-0.39, 0.29) is 6.04 Å². The molecule has 3 nitrogen and oxygen atoms in total. The maximum Gasteiger partial charge on any atom is 0.0994 e. The molecule has 17 heavy (non-hydrogen) atoms. The van der Waals surface area contributed by atoms with Gasteiger partial charge in [-0.05, 0) is 24.1 Å². The number of hydrogen-bond acceptors (Lipinski definition) is 2. The zero-order valence-electron chi connectivity index (χ0n) is 9.97. The van der Waals surface area contributed by atoms with Gasteiger partial charge in [-0.2, -0.15) is 0 Å². The third kappa shape index (κ3) is 2.51. The minimum atomic E-state index is -0.0310. The topological polar surface area (TPSA) is 43.8 Å². The molecule has 0 spiro atoms. The van der Waals surface area contributed by atoms with E-state index in [1.54, 1.807) is 6.33 Å². The molecule has 2 aromatic rings. The van der Waals surface area contributed by atoms with Gasteiger partial charge in [0.1, 0.15) is 0 Å². The Kier molecular flexibility index (Phi) is 3.50. The molecule has 2 rings (SSSR count). The van der Waals surface area contributed by atoms with Gasteiger partial charge in [0.15, 0.2) is 0 Å². The average Bonchev–Trinajstić information content (AvgIpc) is 2.76. The largest absolute Gasteiger partial charge is 0.322 e. The summed E-state index contributed by atoms with van der Waals surface area (Å²) in [6.07, 6.45) is 3.58. The van der Waals surface area contributed by atoms with Gasteiger partial charge in [-0.3, -0.25) is 0 Å². The summed E-state index contributed by atoms with van der Waals surface area (Å²) in [6, 6.07) is 7.63. The van der Waals surface area contributed by atoms with Crippen LogP contribution in [-0.2, 0) is 0 Å². The van der Waals surface area contributed by atoms with Crippen molar-refractivity contribution < 1.29 is 0 Å². The Bertz CT molecular complexity index is 505. The third-order valence-electron chi connectivity index (χ3n) is 2.81. The molecular formula is C13H16ClN3. The summed E-state index contributed by atoms with van der Waals surface area (Å²) < 4.78 is 1.98. The lowest BCUT2D eigenvalue weighted by molar-refractivity contribution is 0.497. The highest BCUT2D eigenvalue weighted by Crippen LogP contribution is 2.23. The fraction of sp³-hybridized carbons (Fsp3) is 0.308. The molecule has 0 radical (unpaired) electrons. The summed E-state index contributed by atoms with van der Waals surface area (Å²) in [4.78, 5) is 4.17. The monoisotopic (exact) mass is 249 g/mol. The van der Waals surface area contributed by atoms with Crippen molar-refractivity contribution in [3.8, 4) is 5.69 Å². The molecule has 1 unspecified atom stereocenters. The first-order valence-electron chi connectivity index (χ1n) is 5.63. The number of nitrogens with zero attached hydrogens (tertiary/aromatic N) is 2. The van der Waals surface area contributed by atoms with E-state index < -0.39 is 0 Å². The molecule has 0 bridgehead atoms. The number of halogens is 1. The van der Waals surface area contributed by atoms with Crippen LogP contribution >= 0.6 is 11.6 Å². The lowest BCUT2D eigenvalue weighted by Gasteiger charge is -2.17. The van der Waals surface area contributed by atoms with Gasteiger partial charge in [0.05, 0.1) is 18.2 Å². The second kappa shape index (κ2) is 4.90. The zero-order chi connectivity index (χ0) is 12.4. The van der Waals surface area contributed by atoms with Crippen LogP contribution in [0.1, 0.15) is 25.6 Å². The van der Waals surface area contributed by atoms with Gasteiger partial charge in [-0.15, -0.1) is 0 Å². The van der Waals surface area contributed by atoms with E-state index >= 15 is 0 Å². The van der Waals surface area contributed by atoms with Crippen LogP contribution in [0.3, 0.4) is 0 Å². The average molecular weight is 250 g/mol. The fourth-order valence-electron chi connectivity index (χ4n) is 1.74. The van der Waals surface area contributed by atoms with Gasteiger partial charge in [0, 0.05) is 16.8 Å². The normalized spacial score (nSPS) is 13.0. The summed E-state index contributed by atoms with van der Waals surface area (Å²) in [7, 11) is 0. The molecule has 0 fully saturated rings. The maximum atomic E-state index is 6.16. The van der Waals surface area contributed by atoms with Crippen molar-refractivity contribution in [2.75, 3.05) is 0 Å². The molecule has 0 saturated carbocycles. The van der Waals surface area contributed by atoms with Crippen LogP contribution in [0.2, 0.25) is 5.02 Å². The van der Waals surface area contributed by atoms with E-state index in [9.17, 15) is 0 Å². The summed E-state index contributed by atoms with van der Waals surface area (Å²) in [6.45, 7) is 4.19. The SMILES string of the molecule is CC(C)C(N)c1cncn1-c1cccc(Cl)c1. The molecule has 1 aromatic carbocycles. The van der Waals surface area contributed by atoms with E-state index in [1.165, 1.54) is 0 Å². The smallest absolute Gasteiger partial charge is 0.0994 e.